The smallest absolute Gasteiger partial charge is 0.226 e. The van der Waals surface area contributed by atoms with Crippen molar-refractivity contribution in [3.8, 4) is 6.07 Å². The van der Waals surface area contributed by atoms with Gasteiger partial charge in [-0.2, -0.15) is 5.26 Å². The lowest BCUT2D eigenvalue weighted by atomic mass is 10.0. The van der Waals surface area contributed by atoms with E-state index in [4.69, 9.17) is 5.26 Å². The molecule has 3 nitrogen and oxygen atoms in total. The zero-order valence-corrected chi connectivity index (χ0v) is 11.8. The van der Waals surface area contributed by atoms with Crippen LogP contribution in [0.15, 0.2) is 24.3 Å². The van der Waals surface area contributed by atoms with Crippen molar-refractivity contribution >= 4 is 5.91 Å². The van der Waals surface area contributed by atoms with E-state index in [2.05, 4.69) is 19.9 Å². The van der Waals surface area contributed by atoms with E-state index >= 15 is 0 Å². The van der Waals surface area contributed by atoms with E-state index < -0.39 is 0 Å². The van der Waals surface area contributed by atoms with Crippen molar-refractivity contribution in [2.45, 2.75) is 33.2 Å². The van der Waals surface area contributed by atoms with Gasteiger partial charge in [-0.1, -0.05) is 19.1 Å². The molecule has 1 aliphatic rings. The van der Waals surface area contributed by atoms with Crippen LogP contribution in [0.25, 0.3) is 0 Å². The fourth-order valence-electron chi connectivity index (χ4n) is 2.52. The topological polar surface area (TPSA) is 44.1 Å². The fourth-order valence-corrected chi connectivity index (χ4v) is 2.52. The molecule has 3 atom stereocenters. The monoisotopic (exact) mass is 256 g/mol. The molecule has 0 saturated heterocycles. The number of carbonyl (C=O) groups excluding carboxylic acids is 1. The first-order chi connectivity index (χ1) is 9.08. The van der Waals surface area contributed by atoms with E-state index in [1.807, 2.05) is 36.1 Å². The molecule has 0 heterocycles. The minimum Gasteiger partial charge on any atom is -0.336 e. The Balaban J connectivity index is 2.13. The van der Waals surface area contributed by atoms with Gasteiger partial charge in [-0.3, -0.25) is 4.79 Å². The maximum atomic E-state index is 12.4. The Hall–Kier alpha value is -1.82. The summed E-state index contributed by atoms with van der Waals surface area (Å²) in [4.78, 5) is 14.3. The van der Waals surface area contributed by atoms with Crippen molar-refractivity contribution < 1.29 is 4.79 Å². The van der Waals surface area contributed by atoms with Crippen LogP contribution in [0, 0.1) is 23.2 Å². The van der Waals surface area contributed by atoms with Gasteiger partial charge in [-0.05, 0) is 43.9 Å². The van der Waals surface area contributed by atoms with Crippen LogP contribution in [0.2, 0.25) is 0 Å². The van der Waals surface area contributed by atoms with Gasteiger partial charge in [0.2, 0.25) is 5.91 Å². The second-order valence-corrected chi connectivity index (χ2v) is 5.35. The van der Waals surface area contributed by atoms with Crippen LogP contribution < -0.4 is 0 Å². The van der Waals surface area contributed by atoms with E-state index in [0.29, 0.717) is 11.5 Å². The molecule has 19 heavy (non-hydrogen) atoms. The largest absolute Gasteiger partial charge is 0.336 e. The predicted molar refractivity (Wildman–Crippen MR) is 74.2 cm³/mol. The normalized spacial score (nSPS) is 22.4. The van der Waals surface area contributed by atoms with Crippen LogP contribution >= 0.6 is 0 Å². The van der Waals surface area contributed by atoms with E-state index in [-0.39, 0.29) is 17.9 Å². The highest BCUT2D eigenvalue weighted by Crippen LogP contribution is 2.40. The first-order valence-electron chi connectivity index (χ1n) is 6.89. The molecule has 1 aromatic rings. The summed E-state index contributed by atoms with van der Waals surface area (Å²) in [6, 6.07) is 9.68. The molecule has 0 N–H and O–H groups in total. The van der Waals surface area contributed by atoms with E-state index in [1.54, 1.807) is 0 Å². The molecule has 0 unspecified atom stereocenters. The third kappa shape index (κ3) is 2.78. The zero-order chi connectivity index (χ0) is 14.0. The molecule has 0 bridgehead atoms. The first kappa shape index (κ1) is 13.6. The molecule has 1 saturated carbocycles. The molecule has 3 heteroatoms. The van der Waals surface area contributed by atoms with Gasteiger partial charge in [0.15, 0.2) is 0 Å². The van der Waals surface area contributed by atoms with Crippen molar-refractivity contribution in [3.63, 3.8) is 0 Å². The number of hydrogen-bond donors (Lipinski definition) is 0. The lowest BCUT2D eigenvalue weighted by molar-refractivity contribution is -0.134. The Labute approximate surface area is 114 Å². The molecular formula is C16H20N2O. The van der Waals surface area contributed by atoms with Gasteiger partial charge in [0.1, 0.15) is 0 Å². The summed E-state index contributed by atoms with van der Waals surface area (Å²) in [5.41, 5.74) is 1.74. The standard InChI is InChI=1S/C16H20N2O/c1-4-18(16(19)15-9-11(15)2)12(3)14-7-5-13(10-17)6-8-14/h5-8,11-12,15H,4,9H2,1-3H3/t11-,12-,15+/m0/s1. The summed E-state index contributed by atoms with van der Waals surface area (Å²) in [5.74, 6) is 1.03. The molecular weight excluding hydrogens is 236 g/mol. The number of nitriles is 1. The highest BCUT2D eigenvalue weighted by Gasteiger charge is 2.42. The molecule has 1 aliphatic carbocycles. The molecule has 0 radical (unpaired) electrons. The van der Waals surface area contributed by atoms with Crippen LogP contribution in [0.5, 0.6) is 0 Å². The molecule has 2 rings (SSSR count). The van der Waals surface area contributed by atoms with Crippen molar-refractivity contribution in [1.82, 2.24) is 4.90 Å². The average Bonchev–Trinajstić information content (AvgIpc) is 3.16. The average molecular weight is 256 g/mol. The molecule has 1 amide bonds. The maximum absolute atomic E-state index is 12.4. The van der Waals surface area contributed by atoms with Gasteiger partial charge in [-0.15, -0.1) is 0 Å². The molecule has 0 aromatic heterocycles. The minimum absolute atomic E-state index is 0.0676. The third-order valence-corrected chi connectivity index (χ3v) is 4.04. The Morgan fingerprint density at radius 1 is 1.47 bits per heavy atom. The SMILES string of the molecule is CCN(C(=O)[C@@H]1C[C@@H]1C)[C@@H](C)c1ccc(C#N)cc1. The summed E-state index contributed by atoms with van der Waals surface area (Å²) >= 11 is 0. The molecule has 0 spiro atoms. The minimum atomic E-state index is 0.0676. The molecule has 100 valence electrons. The van der Waals surface area contributed by atoms with Crippen LogP contribution in [-0.2, 0) is 4.79 Å². The molecule has 1 fully saturated rings. The van der Waals surface area contributed by atoms with Crippen molar-refractivity contribution in [3.05, 3.63) is 35.4 Å². The summed E-state index contributed by atoms with van der Waals surface area (Å²) < 4.78 is 0. The van der Waals surface area contributed by atoms with Crippen molar-refractivity contribution in [2.24, 2.45) is 11.8 Å². The lowest BCUT2D eigenvalue weighted by Gasteiger charge is -2.28. The Morgan fingerprint density at radius 3 is 2.47 bits per heavy atom. The van der Waals surface area contributed by atoms with Crippen LogP contribution in [-0.4, -0.2) is 17.4 Å². The Kier molecular flexibility index (Phi) is 3.90. The number of nitrogens with zero attached hydrogens (tertiary/aromatic N) is 2. The van der Waals surface area contributed by atoms with Gasteiger partial charge in [0.05, 0.1) is 17.7 Å². The van der Waals surface area contributed by atoms with Crippen molar-refractivity contribution in [1.29, 1.82) is 5.26 Å². The third-order valence-electron chi connectivity index (χ3n) is 4.04. The fraction of sp³-hybridized carbons (Fsp3) is 0.500. The van der Waals surface area contributed by atoms with E-state index in [9.17, 15) is 4.79 Å². The maximum Gasteiger partial charge on any atom is 0.226 e. The second kappa shape index (κ2) is 5.44. The van der Waals surface area contributed by atoms with Crippen LogP contribution in [0.1, 0.15) is 44.4 Å². The van der Waals surface area contributed by atoms with Crippen molar-refractivity contribution in [2.75, 3.05) is 6.54 Å². The predicted octanol–water partition coefficient (Wildman–Crippen LogP) is 3.12. The van der Waals surface area contributed by atoms with E-state index in [1.165, 1.54) is 0 Å². The van der Waals surface area contributed by atoms with Crippen LogP contribution in [0.3, 0.4) is 0 Å². The van der Waals surface area contributed by atoms with Gasteiger partial charge in [-0.25, -0.2) is 0 Å². The number of benzene rings is 1. The molecule has 1 aromatic carbocycles. The quantitative estimate of drug-likeness (QED) is 0.830. The Bertz CT molecular complexity index is 500. The molecule has 0 aliphatic heterocycles. The summed E-state index contributed by atoms with van der Waals surface area (Å²) in [5, 5.41) is 8.81. The summed E-state index contributed by atoms with van der Waals surface area (Å²) in [7, 11) is 0. The van der Waals surface area contributed by atoms with Crippen LogP contribution in [0.4, 0.5) is 0 Å². The summed E-state index contributed by atoms with van der Waals surface area (Å²) in [6.45, 7) is 6.92. The number of rotatable bonds is 4. The van der Waals surface area contributed by atoms with Gasteiger partial charge >= 0.3 is 0 Å². The van der Waals surface area contributed by atoms with E-state index in [0.717, 1.165) is 18.5 Å². The van der Waals surface area contributed by atoms with Gasteiger partial charge in [0, 0.05) is 12.5 Å². The number of carbonyl (C=O) groups is 1. The van der Waals surface area contributed by atoms with Gasteiger partial charge < -0.3 is 4.90 Å². The number of hydrogen-bond acceptors (Lipinski definition) is 2. The Morgan fingerprint density at radius 2 is 2.05 bits per heavy atom. The highest BCUT2D eigenvalue weighted by atomic mass is 16.2. The zero-order valence-electron chi connectivity index (χ0n) is 11.8. The van der Waals surface area contributed by atoms with Gasteiger partial charge in [0.25, 0.3) is 0 Å². The lowest BCUT2D eigenvalue weighted by Crippen LogP contribution is -2.34. The highest BCUT2D eigenvalue weighted by molar-refractivity contribution is 5.82. The second-order valence-electron chi connectivity index (χ2n) is 5.35. The summed E-state index contributed by atoms with van der Waals surface area (Å²) in [6.07, 6.45) is 1.02. The first-order valence-corrected chi connectivity index (χ1v) is 6.89. The number of amides is 1.